The minimum atomic E-state index is -0.288. The van der Waals surface area contributed by atoms with Gasteiger partial charge in [-0.05, 0) is 48.2 Å². The number of carbonyl (C=O) groups excluding carboxylic acids is 1. The SMILES string of the molecule is O=C(c1ccc(-c2ccc(F)cc2)o1)N1C[C@H]2CNC[C@H]2C1. The van der Waals surface area contributed by atoms with Crippen LogP contribution in [0.1, 0.15) is 10.6 Å². The number of halogens is 1. The summed E-state index contributed by atoms with van der Waals surface area (Å²) >= 11 is 0. The Balaban J connectivity index is 1.51. The fourth-order valence-corrected chi connectivity index (χ4v) is 3.40. The van der Waals surface area contributed by atoms with Crippen LogP contribution in [0, 0.1) is 17.7 Å². The first-order valence-corrected chi connectivity index (χ1v) is 7.56. The normalized spacial score (nSPS) is 23.8. The molecule has 2 saturated heterocycles. The molecule has 1 aromatic heterocycles. The molecule has 0 bridgehead atoms. The van der Waals surface area contributed by atoms with Gasteiger partial charge in [-0.2, -0.15) is 0 Å². The number of fused-ring (bicyclic) bond motifs is 1. The van der Waals surface area contributed by atoms with E-state index in [2.05, 4.69) is 5.32 Å². The monoisotopic (exact) mass is 300 g/mol. The predicted octanol–water partition coefficient (Wildman–Crippen LogP) is 2.38. The molecule has 4 nitrogen and oxygen atoms in total. The fraction of sp³-hybridized carbons (Fsp3) is 0.353. The first-order chi connectivity index (χ1) is 10.7. The van der Waals surface area contributed by atoms with E-state index in [-0.39, 0.29) is 11.7 Å². The lowest BCUT2D eigenvalue weighted by molar-refractivity contribution is 0.0751. The van der Waals surface area contributed by atoms with Crippen molar-refractivity contribution in [3.05, 3.63) is 48.0 Å². The predicted molar refractivity (Wildman–Crippen MR) is 79.9 cm³/mol. The highest BCUT2D eigenvalue weighted by Crippen LogP contribution is 2.29. The average Bonchev–Trinajstić information content (AvgIpc) is 3.22. The second kappa shape index (κ2) is 5.25. The molecule has 4 rings (SSSR count). The van der Waals surface area contributed by atoms with Gasteiger partial charge in [0.1, 0.15) is 11.6 Å². The molecule has 3 heterocycles. The number of likely N-dealkylation sites (tertiary alicyclic amines) is 1. The van der Waals surface area contributed by atoms with Crippen molar-refractivity contribution in [3.8, 4) is 11.3 Å². The van der Waals surface area contributed by atoms with E-state index in [9.17, 15) is 9.18 Å². The Kier molecular flexibility index (Phi) is 3.22. The first-order valence-electron chi connectivity index (χ1n) is 7.56. The van der Waals surface area contributed by atoms with Crippen LogP contribution in [0.5, 0.6) is 0 Å². The molecule has 2 aliphatic heterocycles. The van der Waals surface area contributed by atoms with Crippen molar-refractivity contribution in [2.75, 3.05) is 26.2 Å². The summed E-state index contributed by atoms with van der Waals surface area (Å²) in [4.78, 5) is 14.4. The molecule has 114 valence electrons. The maximum absolute atomic E-state index is 13.0. The number of nitrogens with one attached hydrogen (secondary N) is 1. The number of nitrogens with zero attached hydrogens (tertiary/aromatic N) is 1. The van der Waals surface area contributed by atoms with Gasteiger partial charge in [-0.25, -0.2) is 4.39 Å². The third-order valence-electron chi connectivity index (χ3n) is 4.62. The molecule has 0 aliphatic carbocycles. The van der Waals surface area contributed by atoms with Crippen LogP contribution in [0.25, 0.3) is 11.3 Å². The van der Waals surface area contributed by atoms with Gasteiger partial charge in [-0.15, -0.1) is 0 Å². The van der Waals surface area contributed by atoms with Gasteiger partial charge < -0.3 is 14.6 Å². The second-order valence-electron chi connectivity index (χ2n) is 6.06. The van der Waals surface area contributed by atoms with Crippen LogP contribution < -0.4 is 5.32 Å². The van der Waals surface area contributed by atoms with Crippen LogP contribution in [0.4, 0.5) is 4.39 Å². The van der Waals surface area contributed by atoms with E-state index in [4.69, 9.17) is 4.42 Å². The lowest BCUT2D eigenvalue weighted by Gasteiger charge is -2.15. The molecule has 2 fully saturated rings. The van der Waals surface area contributed by atoms with Gasteiger partial charge in [0, 0.05) is 31.7 Å². The maximum atomic E-state index is 13.0. The second-order valence-corrected chi connectivity index (χ2v) is 6.06. The molecule has 5 heteroatoms. The van der Waals surface area contributed by atoms with Crippen LogP contribution in [-0.2, 0) is 0 Å². The van der Waals surface area contributed by atoms with Crippen molar-refractivity contribution in [2.24, 2.45) is 11.8 Å². The van der Waals surface area contributed by atoms with Gasteiger partial charge in [0.05, 0.1) is 0 Å². The third-order valence-corrected chi connectivity index (χ3v) is 4.62. The highest BCUT2D eigenvalue weighted by atomic mass is 19.1. The molecule has 2 atom stereocenters. The number of hydrogen-bond acceptors (Lipinski definition) is 3. The quantitative estimate of drug-likeness (QED) is 0.926. The Labute approximate surface area is 127 Å². The van der Waals surface area contributed by atoms with E-state index < -0.39 is 0 Å². The fourth-order valence-electron chi connectivity index (χ4n) is 3.40. The Hall–Kier alpha value is -2.14. The highest BCUT2D eigenvalue weighted by Gasteiger charge is 2.38. The molecular formula is C17H17FN2O2. The average molecular weight is 300 g/mol. The van der Waals surface area contributed by atoms with Crippen molar-refractivity contribution in [2.45, 2.75) is 0 Å². The minimum Gasteiger partial charge on any atom is -0.451 e. The summed E-state index contributed by atoms with van der Waals surface area (Å²) in [6.45, 7) is 3.58. The van der Waals surface area contributed by atoms with Crippen molar-refractivity contribution < 1.29 is 13.6 Å². The van der Waals surface area contributed by atoms with Crippen molar-refractivity contribution in [1.29, 1.82) is 0 Å². The number of carbonyl (C=O) groups is 1. The van der Waals surface area contributed by atoms with Crippen LogP contribution in [0.3, 0.4) is 0 Å². The number of furan rings is 1. The minimum absolute atomic E-state index is 0.0530. The molecular weight excluding hydrogens is 283 g/mol. The molecule has 1 amide bonds. The van der Waals surface area contributed by atoms with Crippen molar-refractivity contribution in [1.82, 2.24) is 10.2 Å². The number of rotatable bonds is 2. The number of benzene rings is 1. The van der Waals surface area contributed by atoms with E-state index in [1.165, 1.54) is 12.1 Å². The molecule has 1 aromatic carbocycles. The smallest absolute Gasteiger partial charge is 0.289 e. The van der Waals surface area contributed by atoms with Gasteiger partial charge in [-0.3, -0.25) is 4.79 Å². The molecule has 0 spiro atoms. The lowest BCUT2D eigenvalue weighted by Crippen LogP contribution is -2.31. The summed E-state index contributed by atoms with van der Waals surface area (Å²) in [6, 6.07) is 9.52. The number of hydrogen-bond donors (Lipinski definition) is 1. The standard InChI is InChI=1S/C17H17FN2O2/c18-14-3-1-11(2-4-14)15-5-6-16(22-15)17(21)20-9-12-7-19-8-13(12)10-20/h1-6,12-13,19H,7-10H2/t12-,13+. The molecule has 2 aliphatic rings. The first kappa shape index (κ1) is 13.5. The molecule has 0 radical (unpaired) electrons. The van der Waals surface area contributed by atoms with Gasteiger partial charge in [0.15, 0.2) is 5.76 Å². The Morgan fingerprint density at radius 3 is 2.45 bits per heavy atom. The van der Waals surface area contributed by atoms with Gasteiger partial charge in [0.25, 0.3) is 5.91 Å². The van der Waals surface area contributed by atoms with E-state index >= 15 is 0 Å². The third kappa shape index (κ3) is 2.31. The van der Waals surface area contributed by atoms with Gasteiger partial charge in [0.2, 0.25) is 0 Å². The summed E-state index contributed by atoms with van der Waals surface area (Å²) in [5, 5.41) is 3.36. The van der Waals surface area contributed by atoms with E-state index in [0.717, 1.165) is 31.7 Å². The van der Waals surface area contributed by atoms with Crippen LogP contribution in [0.15, 0.2) is 40.8 Å². The molecule has 22 heavy (non-hydrogen) atoms. The summed E-state index contributed by atoms with van der Waals surface area (Å²) in [7, 11) is 0. The van der Waals surface area contributed by atoms with Gasteiger partial charge >= 0.3 is 0 Å². The van der Waals surface area contributed by atoms with Crippen LogP contribution >= 0.6 is 0 Å². The van der Waals surface area contributed by atoms with Gasteiger partial charge in [-0.1, -0.05) is 0 Å². The molecule has 1 N–H and O–H groups in total. The molecule has 0 saturated carbocycles. The molecule has 0 unspecified atom stereocenters. The van der Waals surface area contributed by atoms with Crippen molar-refractivity contribution >= 4 is 5.91 Å². The van der Waals surface area contributed by atoms with Crippen molar-refractivity contribution in [3.63, 3.8) is 0 Å². The zero-order valence-corrected chi connectivity index (χ0v) is 12.1. The summed E-state index contributed by atoms with van der Waals surface area (Å²) in [5.41, 5.74) is 0.767. The largest absolute Gasteiger partial charge is 0.451 e. The zero-order chi connectivity index (χ0) is 15.1. The summed E-state index contributed by atoms with van der Waals surface area (Å²) < 4.78 is 18.6. The molecule has 2 aromatic rings. The summed E-state index contributed by atoms with van der Waals surface area (Å²) in [6.07, 6.45) is 0. The lowest BCUT2D eigenvalue weighted by atomic mass is 10.0. The zero-order valence-electron chi connectivity index (χ0n) is 12.1. The van der Waals surface area contributed by atoms with Crippen LogP contribution in [-0.4, -0.2) is 37.0 Å². The Morgan fingerprint density at radius 1 is 1.09 bits per heavy atom. The Morgan fingerprint density at radius 2 is 1.77 bits per heavy atom. The van der Waals surface area contributed by atoms with E-state index in [1.807, 2.05) is 4.90 Å². The summed E-state index contributed by atoms with van der Waals surface area (Å²) in [5.74, 6) is 1.73. The van der Waals surface area contributed by atoms with E-state index in [0.29, 0.717) is 23.4 Å². The maximum Gasteiger partial charge on any atom is 0.289 e. The topological polar surface area (TPSA) is 45.5 Å². The van der Waals surface area contributed by atoms with Crippen LogP contribution in [0.2, 0.25) is 0 Å². The Bertz CT molecular complexity index is 683. The number of amides is 1. The van der Waals surface area contributed by atoms with E-state index in [1.54, 1.807) is 24.3 Å². The highest BCUT2D eigenvalue weighted by molar-refractivity contribution is 5.92.